The number of nitrogens with zero attached hydrogens (tertiary/aromatic N) is 1. The summed E-state index contributed by atoms with van der Waals surface area (Å²) in [5.41, 5.74) is 5.79. The summed E-state index contributed by atoms with van der Waals surface area (Å²) in [4.78, 5) is 35.4. The van der Waals surface area contributed by atoms with E-state index in [9.17, 15) is 19.5 Å². The van der Waals surface area contributed by atoms with Crippen LogP contribution >= 0.6 is 0 Å². The first-order chi connectivity index (χ1) is 9.06. The molecule has 2 amide bonds. The second kappa shape index (κ2) is 5.36. The molecule has 1 aliphatic carbocycles. The van der Waals surface area contributed by atoms with E-state index >= 15 is 0 Å². The van der Waals surface area contributed by atoms with E-state index in [4.69, 9.17) is 5.73 Å². The molecule has 0 saturated carbocycles. The minimum Gasteiger partial charge on any atom is -0.388 e. The fraction of sp³-hybridized carbons (Fsp3) is 0.462. The van der Waals surface area contributed by atoms with Crippen molar-refractivity contribution in [1.82, 2.24) is 4.90 Å². The van der Waals surface area contributed by atoms with Gasteiger partial charge in [-0.15, -0.1) is 0 Å². The van der Waals surface area contributed by atoms with Crippen LogP contribution in [0, 0.1) is 5.92 Å². The third kappa shape index (κ3) is 2.44. The largest absolute Gasteiger partial charge is 0.388 e. The lowest BCUT2D eigenvalue weighted by atomic mass is 9.92. The maximum atomic E-state index is 12.2. The standard InChI is InChI=1S/C13H16N2O4/c14-12(18)10(4-2-6-16)15-7-9-8(13(15)19)3-1-5-11(9)17/h1,3,5-6,9-11,17H,2,4,7H2,(H2,14,18). The van der Waals surface area contributed by atoms with Crippen molar-refractivity contribution in [2.24, 2.45) is 11.7 Å². The summed E-state index contributed by atoms with van der Waals surface area (Å²) in [6.45, 7) is 0.253. The molecule has 3 N–H and O–H groups in total. The third-order valence-electron chi connectivity index (χ3n) is 3.56. The average Bonchev–Trinajstić information content (AvgIpc) is 2.69. The van der Waals surface area contributed by atoms with Crippen LogP contribution in [0.15, 0.2) is 23.8 Å². The highest BCUT2D eigenvalue weighted by Crippen LogP contribution is 2.32. The van der Waals surface area contributed by atoms with E-state index < -0.39 is 18.1 Å². The monoisotopic (exact) mass is 264 g/mol. The predicted octanol–water partition coefficient (Wildman–Crippen LogP) is -0.865. The van der Waals surface area contributed by atoms with Crippen molar-refractivity contribution in [2.45, 2.75) is 25.0 Å². The maximum Gasteiger partial charge on any atom is 0.250 e. The number of likely N-dealkylation sites (tertiary alicyclic amines) is 1. The smallest absolute Gasteiger partial charge is 0.250 e. The minimum atomic E-state index is -0.795. The number of hydrogen-bond donors (Lipinski definition) is 2. The number of allylic oxidation sites excluding steroid dienone is 2. The van der Waals surface area contributed by atoms with E-state index in [1.165, 1.54) is 4.90 Å². The Kier molecular flexibility index (Phi) is 3.80. The molecule has 2 aliphatic rings. The van der Waals surface area contributed by atoms with E-state index in [-0.39, 0.29) is 31.2 Å². The Hall–Kier alpha value is -1.95. The lowest BCUT2D eigenvalue weighted by molar-refractivity contribution is -0.134. The molecule has 19 heavy (non-hydrogen) atoms. The van der Waals surface area contributed by atoms with Gasteiger partial charge in [-0.2, -0.15) is 0 Å². The number of carbonyl (C=O) groups is 3. The Morgan fingerprint density at radius 3 is 2.95 bits per heavy atom. The molecule has 0 aromatic carbocycles. The van der Waals surface area contributed by atoms with Gasteiger partial charge in [-0.25, -0.2) is 0 Å². The molecule has 0 bridgehead atoms. The van der Waals surface area contributed by atoms with Crippen LogP contribution in [0.1, 0.15) is 12.8 Å². The molecule has 1 fully saturated rings. The molecular weight excluding hydrogens is 248 g/mol. The van der Waals surface area contributed by atoms with Crippen LogP contribution in [0.4, 0.5) is 0 Å². The molecule has 0 spiro atoms. The Bertz CT molecular complexity index is 469. The Morgan fingerprint density at radius 2 is 2.37 bits per heavy atom. The SMILES string of the molecule is NC(=O)C(CCC=O)N1CC2C(=CC=CC2O)C1=O. The number of carbonyl (C=O) groups excluding carboxylic acids is 3. The Labute approximate surface area is 110 Å². The van der Waals surface area contributed by atoms with Crippen molar-refractivity contribution in [3.05, 3.63) is 23.8 Å². The van der Waals surface area contributed by atoms with Crippen LogP contribution in [0.25, 0.3) is 0 Å². The van der Waals surface area contributed by atoms with Crippen molar-refractivity contribution >= 4 is 18.1 Å². The normalized spacial score (nSPS) is 26.9. The number of aldehydes is 1. The minimum absolute atomic E-state index is 0.169. The quantitative estimate of drug-likeness (QED) is 0.631. The Morgan fingerprint density at radius 1 is 1.63 bits per heavy atom. The first kappa shape index (κ1) is 13.5. The van der Waals surface area contributed by atoms with E-state index in [1.54, 1.807) is 18.2 Å². The molecule has 6 heteroatoms. The van der Waals surface area contributed by atoms with Gasteiger partial charge in [0.05, 0.1) is 6.10 Å². The van der Waals surface area contributed by atoms with Gasteiger partial charge < -0.3 is 20.5 Å². The lowest BCUT2D eigenvalue weighted by Gasteiger charge is -2.25. The highest BCUT2D eigenvalue weighted by molar-refractivity contribution is 6.00. The van der Waals surface area contributed by atoms with E-state index in [0.717, 1.165) is 0 Å². The molecule has 3 atom stereocenters. The molecule has 0 aromatic heterocycles. The molecule has 1 aliphatic heterocycles. The summed E-state index contributed by atoms with van der Waals surface area (Å²) in [6, 6.07) is -0.795. The van der Waals surface area contributed by atoms with Crippen molar-refractivity contribution in [1.29, 1.82) is 0 Å². The first-order valence-corrected chi connectivity index (χ1v) is 6.16. The van der Waals surface area contributed by atoms with Crippen LogP contribution in [-0.4, -0.2) is 46.8 Å². The predicted molar refractivity (Wildman–Crippen MR) is 66.7 cm³/mol. The third-order valence-corrected chi connectivity index (χ3v) is 3.56. The van der Waals surface area contributed by atoms with Gasteiger partial charge in [0.2, 0.25) is 5.91 Å². The van der Waals surface area contributed by atoms with Gasteiger partial charge in [-0.05, 0) is 6.42 Å². The Balaban J connectivity index is 2.20. The van der Waals surface area contributed by atoms with Gasteiger partial charge in [-0.3, -0.25) is 9.59 Å². The summed E-state index contributed by atoms with van der Waals surface area (Å²) < 4.78 is 0. The number of aliphatic hydroxyl groups is 1. The highest BCUT2D eigenvalue weighted by Gasteiger charge is 2.43. The fourth-order valence-corrected chi connectivity index (χ4v) is 2.56. The van der Waals surface area contributed by atoms with Gasteiger partial charge in [0.1, 0.15) is 12.3 Å². The molecule has 6 nitrogen and oxygen atoms in total. The van der Waals surface area contributed by atoms with Crippen LogP contribution in [0.3, 0.4) is 0 Å². The van der Waals surface area contributed by atoms with Crippen LogP contribution in [-0.2, 0) is 14.4 Å². The van der Waals surface area contributed by atoms with Gasteiger partial charge in [0, 0.05) is 24.5 Å². The van der Waals surface area contributed by atoms with Crippen molar-refractivity contribution in [3.8, 4) is 0 Å². The summed E-state index contributed by atoms with van der Waals surface area (Å²) in [7, 11) is 0. The second-order valence-electron chi connectivity index (χ2n) is 4.72. The zero-order valence-electron chi connectivity index (χ0n) is 10.4. The topological polar surface area (TPSA) is 101 Å². The van der Waals surface area contributed by atoms with Gasteiger partial charge >= 0.3 is 0 Å². The van der Waals surface area contributed by atoms with Crippen molar-refractivity contribution < 1.29 is 19.5 Å². The van der Waals surface area contributed by atoms with E-state index in [0.29, 0.717) is 11.9 Å². The molecule has 102 valence electrons. The van der Waals surface area contributed by atoms with Gasteiger partial charge in [0.15, 0.2) is 0 Å². The van der Waals surface area contributed by atoms with Crippen LogP contribution in [0.2, 0.25) is 0 Å². The van der Waals surface area contributed by atoms with Gasteiger partial charge in [0.25, 0.3) is 5.91 Å². The molecule has 1 saturated heterocycles. The lowest BCUT2D eigenvalue weighted by Crippen LogP contribution is -2.46. The van der Waals surface area contributed by atoms with Gasteiger partial charge in [-0.1, -0.05) is 18.2 Å². The van der Waals surface area contributed by atoms with Crippen molar-refractivity contribution in [2.75, 3.05) is 6.54 Å². The number of nitrogens with two attached hydrogens (primary N) is 1. The van der Waals surface area contributed by atoms with E-state index in [2.05, 4.69) is 0 Å². The molecular formula is C13H16N2O4. The van der Waals surface area contributed by atoms with E-state index in [1.807, 2.05) is 0 Å². The number of hydrogen-bond acceptors (Lipinski definition) is 4. The molecule has 0 radical (unpaired) electrons. The van der Waals surface area contributed by atoms with Crippen molar-refractivity contribution in [3.63, 3.8) is 0 Å². The number of aliphatic hydroxyl groups excluding tert-OH is 1. The summed E-state index contributed by atoms with van der Waals surface area (Å²) >= 11 is 0. The molecule has 1 heterocycles. The van der Waals surface area contributed by atoms with Crippen LogP contribution in [0.5, 0.6) is 0 Å². The summed E-state index contributed by atoms with van der Waals surface area (Å²) in [6.07, 6.45) is 5.24. The zero-order valence-corrected chi connectivity index (χ0v) is 10.4. The molecule has 0 aromatic rings. The first-order valence-electron chi connectivity index (χ1n) is 6.16. The number of rotatable bonds is 5. The fourth-order valence-electron chi connectivity index (χ4n) is 2.56. The highest BCUT2D eigenvalue weighted by atomic mass is 16.3. The molecule has 3 unspecified atom stereocenters. The second-order valence-corrected chi connectivity index (χ2v) is 4.72. The van der Waals surface area contributed by atoms with Crippen LogP contribution < -0.4 is 5.73 Å². The molecule has 2 rings (SSSR count). The maximum absolute atomic E-state index is 12.2. The summed E-state index contributed by atoms with van der Waals surface area (Å²) in [5.74, 6) is -1.24. The zero-order chi connectivity index (χ0) is 14.0. The summed E-state index contributed by atoms with van der Waals surface area (Å²) in [5, 5.41) is 9.83. The number of primary amides is 1. The average molecular weight is 264 g/mol. The number of fused-ring (bicyclic) bond motifs is 1. The number of amides is 2.